The molecule has 0 bridgehead atoms. The molecule has 0 radical (unpaired) electrons. The first kappa shape index (κ1) is 13.6. The Kier molecular flexibility index (Phi) is 4.17. The Morgan fingerprint density at radius 3 is 2.35 bits per heavy atom. The van der Waals surface area contributed by atoms with Crippen LogP contribution in [0.15, 0.2) is 0 Å². The van der Waals surface area contributed by atoms with Crippen LogP contribution in [0.3, 0.4) is 0 Å². The zero-order chi connectivity index (χ0) is 13.1. The van der Waals surface area contributed by atoms with Crippen molar-refractivity contribution in [1.29, 1.82) is 0 Å². The van der Waals surface area contributed by atoms with E-state index in [0.29, 0.717) is 19.3 Å². The summed E-state index contributed by atoms with van der Waals surface area (Å²) in [5, 5.41) is 2.87. The summed E-state index contributed by atoms with van der Waals surface area (Å²) in [6, 6.07) is -0.426. The molecule has 1 unspecified atom stereocenters. The van der Waals surface area contributed by atoms with E-state index in [2.05, 4.69) is 11.2 Å². The van der Waals surface area contributed by atoms with E-state index in [4.69, 9.17) is 6.42 Å². The third-order valence-corrected chi connectivity index (χ3v) is 3.57. The molecule has 1 heterocycles. The van der Waals surface area contributed by atoms with E-state index in [1.54, 1.807) is 0 Å². The third kappa shape index (κ3) is 2.14. The summed E-state index contributed by atoms with van der Waals surface area (Å²) < 4.78 is 0. The van der Waals surface area contributed by atoms with Crippen molar-refractivity contribution in [2.45, 2.75) is 51.6 Å². The Labute approximate surface area is 103 Å². The maximum atomic E-state index is 12.4. The lowest BCUT2D eigenvalue weighted by atomic mass is 9.86. The van der Waals surface area contributed by atoms with Crippen LogP contribution in [0, 0.1) is 12.3 Å². The van der Waals surface area contributed by atoms with Gasteiger partial charge in [-0.25, -0.2) is 0 Å². The molecule has 1 aliphatic rings. The molecule has 17 heavy (non-hydrogen) atoms. The van der Waals surface area contributed by atoms with Crippen LogP contribution < -0.4 is 5.32 Å². The minimum absolute atomic E-state index is 0.0492. The Bertz CT molecular complexity index is 353. The van der Waals surface area contributed by atoms with Crippen molar-refractivity contribution >= 4 is 11.8 Å². The average Bonchev–Trinajstić information content (AvgIpc) is 2.34. The maximum absolute atomic E-state index is 12.4. The minimum Gasteiger partial charge on any atom is -0.340 e. The summed E-state index contributed by atoms with van der Waals surface area (Å²) in [5.41, 5.74) is -0.764. The van der Waals surface area contributed by atoms with Gasteiger partial charge in [-0.15, -0.1) is 6.42 Å². The fraction of sp³-hybridized carbons (Fsp3) is 0.692. The number of amides is 2. The van der Waals surface area contributed by atoms with Crippen molar-refractivity contribution in [3.8, 4) is 12.3 Å². The second kappa shape index (κ2) is 5.22. The molecule has 0 saturated carbocycles. The highest BCUT2D eigenvalue weighted by atomic mass is 16.2. The number of carbonyl (C=O) groups excluding carboxylic acids is 2. The quantitative estimate of drug-likeness (QED) is 0.738. The van der Waals surface area contributed by atoms with E-state index >= 15 is 0 Å². The van der Waals surface area contributed by atoms with Crippen molar-refractivity contribution in [2.24, 2.45) is 0 Å². The normalized spacial score (nSPS) is 23.2. The van der Waals surface area contributed by atoms with E-state index in [1.807, 2.05) is 20.8 Å². The molecule has 0 aromatic rings. The van der Waals surface area contributed by atoms with Crippen LogP contribution in [0.4, 0.5) is 0 Å². The van der Waals surface area contributed by atoms with Crippen molar-refractivity contribution in [3.63, 3.8) is 0 Å². The molecule has 94 valence electrons. The number of hydrogen-bond acceptors (Lipinski definition) is 2. The third-order valence-electron chi connectivity index (χ3n) is 3.57. The molecule has 1 saturated heterocycles. The van der Waals surface area contributed by atoms with Gasteiger partial charge in [0.2, 0.25) is 11.8 Å². The lowest BCUT2D eigenvalue weighted by Crippen LogP contribution is -2.69. The first-order valence-electron chi connectivity index (χ1n) is 6.12. The first-order chi connectivity index (χ1) is 8.06. The van der Waals surface area contributed by atoms with Crippen molar-refractivity contribution in [3.05, 3.63) is 0 Å². The second-order valence-electron chi connectivity index (χ2n) is 4.34. The monoisotopic (exact) mass is 236 g/mol. The Balaban J connectivity index is 3.10. The summed E-state index contributed by atoms with van der Waals surface area (Å²) in [4.78, 5) is 26.0. The molecule has 0 aromatic heterocycles. The van der Waals surface area contributed by atoms with Crippen LogP contribution in [-0.4, -0.2) is 34.8 Å². The van der Waals surface area contributed by atoms with Gasteiger partial charge in [-0.3, -0.25) is 9.59 Å². The standard InChI is InChI=1S/C13H20N2O2/c1-5-9-15-10(6-2)11(16)14-13(7-3,8-4)12(15)17/h1,10H,6-9H2,2-4H3,(H,14,16). The van der Waals surface area contributed by atoms with Gasteiger partial charge in [0, 0.05) is 0 Å². The largest absolute Gasteiger partial charge is 0.340 e. The predicted molar refractivity (Wildman–Crippen MR) is 66.1 cm³/mol. The molecule has 2 amide bonds. The van der Waals surface area contributed by atoms with E-state index in [1.165, 1.54) is 4.90 Å². The highest BCUT2D eigenvalue weighted by Crippen LogP contribution is 2.25. The topological polar surface area (TPSA) is 49.4 Å². The summed E-state index contributed by atoms with van der Waals surface area (Å²) in [5.74, 6) is 2.32. The second-order valence-corrected chi connectivity index (χ2v) is 4.34. The molecule has 0 spiro atoms. The lowest BCUT2D eigenvalue weighted by Gasteiger charge is -2.44. The molecule has 4 heteroatoms. The van der Waals surface area contributed by atoms with Gasteiger partial charge in [-0.2, -0.15) is 0 Å². The molecular formula is C13H20N2O2. The van der Waals surface area contributed by atoms with Gasteiger partial charge in [0.1, 0.15) is 11.6 Å². The van der Waals surface area contributed by atoms with Crippen LogP contribution in [-0.2, 0) is 9.59 Å². The van der Waals surface area contributed by atoms with Gasteiger partial charge in [-0.05, 0) is 19.3 Å². The van der Waals surface area contributed by atoms with Gasteiger partial charge in [0.15, 0.2) is 0 Å². The highest BCUT2D eigenvalue weighted by Gasteiger charge is 2.47. The molecule has 1 fully saturated rings. The predicted octanol–water partition coefficient (Wildman–Crippen LogP) is 0.915. The summed E-state index contributed by atoms with van der Waals surface area (Å²) in [6.07, 6.45) is 7.04. The minimum atomic E-state index is -0.764. The molecular weight excluding hydrogens is 216 g/mol. The Morgan fingerprint density at radius 2 is 1.94 bits per heavy atom. The van der Waals surface area contributed by atoms with Crippen LogP contribution in [0.5, 0.6) is 0 Å². The smallest absolute Gasteiger partial charge is 0.249 e. The van der Waals surface area contributed by atoms with Crippen LogP contribution in [0.25, 0.3) is 0 Å². The van der Waals surface area contributed by atoms with Crippen molar-refractivity contribution in [1.82, 2.24) is 10.2 Å². The first-order valence-corrected chi connectivity index (χ1v) is 6.12. The molecule has 1 rings (SSSR count). The lowest BCUT2D eigenvalue weighted by molar-refractivity contribution is -0.154. The zero-order valence-corrected chi connectivity index (χ0v) is 10.7. The Morgan fingerprint density at radius 1 is 1.35 bits per heavy atom. The van der Waals surface area contributed by atoms with E-state index in [0.717, 1.165) is 0 Å². The Hall–Kier alpha value is -1.50. The fourth-order valence-electron chi connectivity index (χ4n) is 2.35. The van der Waals surface area contributed by atoms with Gasteiger partial charge >= 0.3 is 0 Å². The van der Waals surface area contributed by atoms with Crippen molar-refractivity contribution in [2.75, 3.05) is 6.54 Å². The summed E-state index contributed by atoms with van der Waals surface area (Å²) >= 11 is 0. The van der Waals surface area contributed by atoms with Crippen LogP contribution >= 0.6 is 0 Å². The van der Waals surface area contributed by atoms with Crippen LogP contribution in [0.1, 0.15) is 40.0 Å². The van der Waals surface area contributed by atoms with Gasteiger partial charge in [0.05, 0.1) is 6.54 Å². The SMILES string of the molecule is C#CCN1C(=O)C(CC)(CC)NC(=O)C1CC. The number of nitrogens with zero attached hydrogens (tertiary/aromatic N) is 1. The summed E-state index contributed by atoms with van der Waals surface area (Å²) in [6.45, 7) is 5.89. The van der Waals surface area contributed by atoms with Crippen LogP contribution in [0.2, 0.25) is 0 Å². The van der Waals surface area contributed by atoms with Gasteiger partial charge in [0.25, 0.3) is 0 Å². The molecule has 0 aliphatic carbocycles. The van der Waals surface area contributed by atoms with Gasteiger partial charge in [-0.1, -0.05) is 26.7 Å². The zero-order valence-electron chi connectivity index (χ0n) is 10.7. The van der Waals surface area contributed by atoms with E-state index in [-0.39, 0.29) is 18.4 Å². The number of terminal acetylenes is 1. The molecule has 1 aliphatic heterocycles. The summed E-state index contributed by atoms with van der Waals surface area (Å²) in [7, 11) is 0. The van der Waals surface area contributed by atoms with Crippen molar-refractivity contribution < 1.29 is 9.59 Å². The van der Waals surface area contributed by atoms with E-state index in [9.17, 15) is 9.59 Å². The average molecular weight is 236 g/mol. The molecule has 4 nitrogen and oxygen atoms in total. The number of carbonyl (C=O) groups is 2. The van der Waals surface area contributed by atoms with E-state index < -0.39 is 11.6 Å². The van der Waals surface area contributed by atoms with Gasteiger partial charge < -0.3 is 10.2 Å². The molecule has 1 atom stereocenters. The number of nitrogens with one attached hydrogen (secondary N) is 1. The fourth-order valence-corrected chi connectivity index (χ4v) is 2.35. The molecule has 1 N–H and O–H groups in total. The highest BCUT2D eigenvalue weighted by molar-refractivity contribution is 5.99. The maximum Gasteiger partial charge on any atom is 0.249 e. The number of piperazine rings is 1. The molecule has 0 aromatic carbocycles. The number of rotatable bonds is 4. The number of hydrogen-bond donors (Lipinski definition) is 1.